The summed E-state index contributed by atoms with van der Waals surface area (Å²) in [5.74, 6) is -5.59. The number of carbonyl (C=O) groups is 3. The van der Waals surface area contributed by atoms with Gasteiger partial charge in [-0.15, -0.1) is 11.6 Å². The van der Waals surface area contributed by atoms with E-state index in [2.05, 4.69) is 10.6 Å². The van der Waals surface area contributed by atoms with Gasteiger partial charge in [0, 0.05) is 41.8 Å². The van der Waals surface area contributed by atoms with Gasteiger partial charge >= 0.3 is 0 Å². The lowest BCUT2D eigenvalue weighted by atomic mass is 9.95. The van der Waals surface area contributed by atoms with Crippen molar-refractivity contribution in [3.8, 4) is 11.3 Å². The molecule has 0 bridgehead atoms. The van der Waals surface area contributed by atoms with Crippen molar-refractivity contribution >= 4 is 57.4 Å². The number of nitrogens with one attached hydrogen (secondary N) is 2. The number of fused-ring (bicyclic) bond motifs is 1. The van der Waals surface area contributed by atoms with Crippen LogP contribution in [0.15, 0.2) is 33.5 Å². The monoisotopic (exact) mass is 607 g/mol. The molecule has 0 radical (unpaired) electrons. The second kappa shape index (κ2) is 12.2. The van der Waals surface area contributed by atoms with E-state index in [4.69, 9.17) is 16.0 Å². The minimum atomic E-state index is -1.37. The van der Waals surface area contributed by atoms with Crippen molar-refractivity contribution < 1.29 is 32.0 Å². The number of amides is 3. The van der Waals surface area contributed by atoms with E-state index < -0.39 is 73.8 Å². The molecule has 12 heteroatoms. The molecule has 0 unspecified atom stereocenters. The van der Waals surface area contributed by atoms with Crippen molar-refractivity contribution in [1.29, 1.82) is 0 Å². The minimum absolute atomic E-state index is 0.0105. The summed E-state index contributed by atoms with van der Waals surface area (Å²) in [4.78, 5) is 51.7. The fourth-order valence-corrected chi connectivity index (χ4v) is 3.96. The van der Waals surface area contributed by atoms with E-state index in [0.29, 0.717) is 0 Å². The SMILES string of the molecule is CC(=O)N(CCCCl)c1c(F)c(NC(=O)C(C)(C)C)c2c(=O)cc(-c3ccc(NC(=O)C(C)(C)C)c(F)c3)oc2c1F. The number of halogens is 4. The van der Waals surface area contributed by atoms with E-state index in [1.807, 2.05) is 0 Å². The van der Waals surface area contributed by atoms with Crippen molar-refractivity contribution in [2.75, 3.05) is 28.0 Å². The second-order valence-electron chi connectivity index (χ2n) is 11.8. The average molecular weight is 608 g/mol. The lowest BCUT2D eigenvalue weighted by Gasteiger charge is -2.25. The Morgan fingerprint density at radius 2 is 1.52 bits per heavy atom. The highest BCUT2D eigenvalue weighted by molar-refractivity contribution is 6.17. The number of alkyl halides is 1. The number of rotatable bonds is 7. The van der Waals surface area contributed by atoms with Gasteiger partial charge < -0.3 is 20.0 Å². The lowest BCUT2D eigenvalue weighted by Crippen LogP contribution is -2.33. The largest absolute Gasteiger partial charge is 0.453 e. The normalized spacial score (nSPS) is 11.9. The van der Waals surface area contributed by atoms with Gasteiger partial charge in [-0.1, -0.05) is 41.5 Å². The average Bonchev–Trinajstić information content (AvgIpc) is 2.87. The van der Waals surface area contributed by atoms with Crippen molar-refractivity contribution in [2.24, 2.45) is 10.8 Å². The number of hydrogen-bond donors (Lipinski definition) is 2. The molecule has 2 aromatic carbocycles. The van der Waals surface area contributed by atoms with Crippen LogP contribution in [0.5, 0.6) is 0 Å². The molecule has 0 atom stereocenters. The quantitative estimate of drug-likeness (QED) is 0.286. The maximum Gasteiger partial charge on any atom is 0.229 e. The highest BCUT2D eigenvalue weighted by Gasteiger charge is 2.32. The van der Waals surface area contributed by atoms with Crippen LogP contribution in [0.4, 0.5) is 30.2 Å². The number of nitrogens with zero attached hydrogens (tertiary/aromatic N) is 1. The van der Waals surface area contributed by atoms with Crippen LogP contribution in [0.3, 0.4) is 0 Å². The van der Waals surface area contributed by atoms with Crippen LogP contribution in [-0.2, 0) is 14.4 Å². The summed E-state index contributed by atoms with van der Waals surface area (Å²) in [5, 5.41) is 4.22. The molecule has 226 valence electrons. The van der Waals surface area contributed by atoms with E-state index in [-0.39, 0.29) is 35.9 Å². The van der Waals surface area contributed by atoms with Crippen molar-refractivity contribution in [2.45, 2.75) is 54.9 Å². The summed E-state index contributed by atoms with van der Waals surface area (Å²) in [7, 11) is 0. The standard InChI is InChI=1S/C30H33ClF3N3O5/c1-15(38)37(12-8-11-31)25-22(33)24(36-28(41)30(5,6)7)21-19(39)14-20(42-26(21)23(25)34)16-9-10-18(17(32)13-16)35-27(40)29(2,3)4/h9-10,13-14H,8,11-12H2,1-7H3,(H,35,40)(H,36,41). The lowest BCUT2D eigenvalue weighted by molar-refractivity contribution is -0.123. The van der Waals surface area contributed by atoms with Gasteiger partial charge in [0.25, 0.3) is 0 Å². The first kappa shape index (κ1) is 32.7. The van der Waals surface area contributed by atoms with Crippen LogP contribution in [-0.4, -0.2) is 30.1 Å². The van der Waals surface area contributed by atoms with Crippen LogP contribution in [0.2, 0.25) is 0 Å². The van der Waals surface area contributed by atoms with Gasteiger partial charge in [-0.2, -0.15) is 0 Å². The third kappa shape index (κ3) is 6.78. The molecule has 3 amide bonds. The molecular formula is C30H33ClF3N3O5. The Bertz CT molecular complexity index is 1620. The van der Waals surface area contributed by atoms with Gasteiger partial charge in [0.2, 0.25) is 17.7 Å². The van der Waals surface area contributed by atoms with E-state index in [1.165, 1.54) is 12.1 Å². The summed E-state index contributed by atoms with van der Waals surface area (Å²) in [6, 6.07) is 4.49. The first-order valence-electron chi connectivity index (χ1n) is 13.1. The Hall–Kier alpha value is -3.86. The van der Waals surface area contributed by atoms with Crippen molar-refractivity contribution in [3.05, 3.63) is 51.9 Å². The fourth-order valence-electron chi connectivity index (χ4n) is 3.84. The van der Waals surface area contributed by atoms with Crippen LogP contribution < -0.4 is 21.0 Å². The fraction of sp³-hybridized carbons (Fsp3) is 0.400. The zero-order valence-electron chi connectivity index (χ0n) is 24.4. The number of benzene rings is 2. The highest BCUT2D eigenvalue weighted by atomic mass is 35.5. The Kier molecular flexibility index (Phi) is 9.46. The first-order valence-corrected chi connectivity index (χ1v) is 13.7. The number of hydrogen-bond acceptors (Lipinski definition) is 5. The summed E-state index contributed by atoms with van der Waals surface area (Å²) in [5.41, 5.74) is -5.12. The zero-order valence-corrected chi connectivity index (χ0v) is 25.2. The molecule has 8 nitrogen and oxygen atoms in total. The van der Waals surface area contributed by atoms with Crippen LogP contribution in [0.1, 0.15) is 54.9 Å². The predicted octanol–water partition coefficient (Wildman–Crippen LogP) is 6.83. The molecule has 0 saturated carbocycles. The molecule has 42 heavy (non-hydrogen) atoms. The molecule has 0 aliphatic heterocycles. The number of carbonyl (C=O) groups excluding carboxylic acids is 3. The summed E-state index contributed by atoms with van der Waals surface area (Å²) >= 11 is 5.75. The maximum absolute atomic E-state index is 16.1. The first-order chi connectivity index (χ1) is 19.4. The zero-order chi connectivity index (χ0) is 31.7. The van der Waals surface area contributed by atoms with E-state index in [0.717, 1.165) is 24.0 Å². The summed E-state index contributed by atoms with van der Waals surface area (Å²) in [6.45, 7) is 10.6. The van der Waals surface area contributed by atoms with E-state index in [1.54, 1.807) is 41.5 Å². The summed E-state index contributed by atoms with van der Waals surface area (Å²) < 4.78 is 52.7. The van der Waals surface area contributed by atoms with E-state index >= 15 is 8.78 Å². The maximum atomic E-state index is 16.1. The van der Waals surface area contributed by atoms with E-state index in [9.17, 15) is 23.6 Å². The number of anilines is 3. The van der Waals surface area contributed by atoms with Crippen LogP contribution in [0.25, 0.3) is 22.3 Å². The van der Waals surface area contributed by atoms with Gasteiger partial charge in [0.1, 0.15) is 17.3 Å². The predicted molar refractivity (Wildman–Crippen MR) is 157 cm³/mol. The molecule has 3 rings (SSSR count). The third-order valence-corrected chi connectivity index (χ3v) is 6.57. The van der Waals surface area contributed by atoms with Gasteiger partial charge in [-0.3, -0.25) is 19.2 Å². The van der Waals surface area contributed by atoms with Crippen LogP contribution >= 0.6 is 11.6 Å². The van der Waals surface area contributed by atoms with Crippen molar-refractivity contribution in [1.82, 2.24) is 0 Å². The van der Waals surface area contributed by atoms with Gasteiger partial charge in [0.15, 0.2) is 22.6 Å². The van der Waals surface area contributed by atoms with Crippen LogP contribution in [0, 0.1) is 28.3 Å². The van der Waals surface area contributed by atoms with Crippen molar-refractivity contribution in [3.63, 3.8) is 0 Å². The molecule has 1 aromatic heterocycles. The van der Waals surface area contributed by atoms with Gasteiger partial charge in [0.05, 0.1) is 16.8 Å². The molecule has 0 spiro atoms. The van der Waals surface area contributed by atoms with Gasteiger partial charge in [-0.25, -0.2) is 13.2 Å². The highest BCUT2D eigenvalue weighted by Crippen LogP contribution is 2.39. The smallest absolute Gasteiger partial charge is 0.229 e. The molecule has 0 fully saturated rings. The minimum Gasteiger partial charge on any atom is -0.453 e. The topological polar surface area (TPSA) is 109 Å². The Morgan fingerprint density at radius 3 is 2.05 bits per heavy atom. The Labute approximate surface area is 246 Å². The molecular weight excluding hydrogens is 575 g/mol. The third-order valence-electron chi connectivity index (χ3n) is 6.30. The molecule has 1 heterocycles. The Morgan fingerprint density at radius 1 is 0.929 bits per heavy atom. The molecule has 0 aliphatic rings. The molecule has 2 N–H and O–H groups in total. The van der Waals surface area contributed by atoms with Gasteiger partial charge in [-0.05, 0) is 24.6 Å². The molecule has 0 aliphatic carbocycles. The molecule has 0 saturated heterocycles. The Balaban J connectivity index is 2.30. The second-order valence-corrected chi connectivity index (χ2v) is 12.2. The summed E-state index contributed by atoms with van der Waals surface area (Å²) in [6.07, 6.45) is 0.184. The molecule has 3 aromatic rings.